The summed E-state index contributed by atoms with van der Waals surface area (Å²) in [5, 5.41) is 8.79. The Balaban J connectivity index is 0.00000112. The van der Waals surface area contributed by atoms with Crippen LogP contribution < -0.4 is 0 Å². The number of pyridine rings is 1. The molecule has 2 heterocycles. The van der Waals surface area contributed by atoms with Crippen molar-refractivity contribution in [3.63, 3.8) is 0 Å². The standard InChI is InChI=1S/C10H10N2O2.BrH/c13-10(14)8-4-9(12-6-8)7-2-1-3-11-5-7;/h1-3,5,8H,4,6H2,(H,13,14);1H. The smallest absolute Gasteiger partial charge is 0.308 e. The minimum atomic E-state index is -0.771. The number of aliphatic imine (C=N–C) groups is 1. The summed E-state index contributed by atoms with van der Waals surface area (Å²) in [6.07, 6.45) is 3.91. The highest BCUT2D eigenvalue weighted by Crippen LogP contribution is 2.18. The zero-order valence-corrected chi connectivity index (χ0v) is 9.67. The Kier molecular flexibility index (Phi) is 3.96. The third kappa shape index (κ3) is 2.62. The number of aliphatic carboxylic acids is 1. The fourth-order valence-corrected chi connectivity index (χ4v) is 1.49. The van der Waals surface area contributed by atoms with Crippen LogP contribution in [0.25, 0.3) is 0 Å². The highest BCUT2D eigenvalue weighted by molar-refractivity contribution is 8.93. The first-order chi connectivity index (χ1) is 6.77. The van der Waals surface area contributed by atoms with E-state index in [0.29, 0.717) is 13.0 Å². The van der Waals surface area contributed by atoms with Crippen molar-refractivity contribution >= 4 is 28.7 Å². The molecule has 1 aromatic heterocycles. The summed E-state index contributed by atoms with van der Waals surface area (Å²) in [4.78, 5) is 18.9. The average Bonchev–Trinajstić information content (AvgIpc) is 2.68. The number of aromatic nitrogens is 1. The highest BCUT2D eigenvalue weighted by Gasteiger charge is 2.25. The Bertz CT molecular complexity index is 378. The summed E-state index contributed by atoms with van der Waals surface area (Å²) in [6, 6.07) is 3.72. The Labute approximate surface area is 97.8 Å². The number of carboxylic acids is 1. The van der Waals surface area contributed by atoms with Crippen molar-refractivity contribution in [1.82, 2.24) is 4.98 Å². The van der Waals surface area contributed by atoms with Gasteiger partial charge in [0.2, 0.25) is 0 Å². The maximum atomic E-state index is 10.7. The van der Waals surface area contributed by atoms with Crippen molar-refractivity contribution in [3.8, 4) is 0 Å². The lowest BCUT2D eigenvalue weighted by Crippen LogP contribution is -2.14. The van der Waals surface area contributed by atoms with Gasteiger partial charge in [-0.3, -0.25) is 14.8 Å². The van der Waals surface area contributed by atoms with Crippen LogP contribution in [0.2, 0.25) is 0 Å². The number of halogens is 1. The van der Waals surface area contributed by atoms with Gasteiger partial charge in [0, 0.05) is 30.1 Å². The Hall–Kier alpha value is -1.23. The minimum Gasteiger partial charge on any atom is -0.481 e. The van der Waals surface area contributed by atoms with Gasteiger partial charge in [-0.25, -0.2) is 0 Å². The molecule has 1 N–H and O–H groups in total. The van der Waals surface area contributed by atoms with Crippen molar-refractivity contribution in [3.05, 3.63) is 30.1 Å². The van der Waals surface area contributed by atoms with Gasteiger partial charge in [0.05, 0.1) is 12.5 Å². The van der Waals surface area contributed by atoms with Gasteiger partial charge in [0.25, 0.3) is 0 Å². The van der Waals surface area contributed by atoms with E-state index < -0.39 is 5.97 Å². The molecule has 0 saturated carbocycles. The number of carboxylic acid groups (broad SMARTS) is 1. The van der Waals surface area contributed by atoms with Crippen molar-refractivity contribution in [1.29, 1.82) is 0 Å². The molecule has 1 aliphatic heterocycles. The summed E-state index contributed by atoms with van der Waals surface area (Å²) in [5.74, 6) is -1.13. The summed E-state index contributed by atoms with van der Waals surface area (Å²) in [6.45, 7) is 0.388. The molecule has 1 atom stereocenters. The Morgan fingerprint density at radius 2 is 2.33 bits per heavy atom. The van der Waals surface area contributed by atoms with Crippen LogP contribution in [0.1, 0.15) is 12.0 Å². The van der Waals surface area contributed by atoms with Gasteiger partial charge < -0.3 is 5.11 Å². The van der Waals surface area contributed by atoms with E-state index in [1.807, 2.05) is 12.1 Å². The first-order valence-corrected chi connectivity index (χ1v) is 4.44. The van der Waals surface area contributed by atoms with Crippen LogP contribution in [0.15, 0.2) is 29.5 Å². The predicted molar refractivity (Wildman–Crippen MR) is 61.7 cm³/mol. The molecule has 4 nitrogen and oxygen atoms in total. The summed E-state index contributed by atoms with van der Waals surface area (Å²) in [5.41, 5.74) is 1.78. The topological polar surface area (TPSA) is 62.5 Å². The minimum absolute atomic E-state index is 0. The second-order valence-corrected chi connectivity index (χ2v) is 3.27. The zero-order chi connectivity index (χ0) is 9.97. The average molecular weight is 271 g/mol. The van der Waals surface area contributed by atoms with Crippen molar-refractivity contribution in [2.75, 3.05) is 6.54 Å². The predicted octanol–water partition coefficient (Wildman–Crippen LogP) is 1.55. The van der Waals surface area contributed by atoms with Crippen LogP contribution >= 0.6 is 17.0 Å². The van der Waals surface area contributed by atoms with E-state index in [4.69, 9.17) is 5.11 Å². The van der Waals surface area contributed by atoms with Crippen LogP contribution in [-0.4, -0.2) is 28.3 Å². The number of carbonyl (C=O) groups is 1. The molecular formula is C10H11BrN2O2. The lowest BCUT2D eigenvalue weighted by atomic mass is 10.0. The van der Waals surface area contributed by atoms with Crippen LogP contribution in [0, 0.1) is 5.92 Å². The molecular weight excluding hydrogens is 260 g/mol. The largest absolute Gasteiger partial charge is 0.481 e. The van der Waals surface area contributed by atoms with E-state index in [2.05, 4.69) is 9.98 Å². The molecule has 1 unspecified atom stereocenters. The van der Waals surface area contributed by atoms with Gasteiger partial charge in [-0.2, -0.15) is 0 Å². The third-order valence-electron chi connectivity index (χ3n) is 2.29. The third-order valence-corrected chi connectivity index (χ3v) is 2.29. The van der Waals surface area contributed by atoms with Crippen LogP contribution in [0.3, 0.4) is 0 Å². The zero-order valence-electron chi connectivity index (χ0n) is 7.96. The number of hydrogen-bond acceptors (Lipinski definition) is 3. The molecule has 0 bridgehead atoms. The molecule has 0 radical (unpaired) electrons. The van der Waals surface area contributed by atoms with Gasteiger partial charge in [-0.1, -0.05) is 6.07 Å². The molecule has 0 fully saturated rings. The molecule has 0 aromatic carbocycles. The molecule has 15 heavy (non-hydrogen) atoms. The summed E-state index contributed by atoms with van der Waals surface area (Å²) >= 11 is 0. The van der Waals surface area contributed by atoms with E-state index >= 15 is 0 Å². The van der Waals surface area contributed by atoms with Gasteiger partial charge >= 0.3 is 5.97 Å². The first-order valence-electron chi connectivity index (χ1n) is 4.44. The number of hydrogen-bond donors (Lipinski definition) is 1. The Morgan fingerprint density at radius 1 is 1.53 bits per heavy atom. The molecule has 1 aliphatic rings. The quantitative estimate of drug-likeness (QED) is 0.887. The molecule has 0 saturated heterocycles. The lowest BCUT2D eigenvalue weighted by molar-refractivity contribution is -0.140. The molecule has 80 valence electrons. The SMILES string of the molecule is Br.O=C(O)C1CN=C(c2cccnc2)C1. The van der Waals surface area contributed by atoms with E-state index in [1.165, 1.54) is 0 Å². The van der Waals surface area contributed by atoms with Crippen LogP contribution in [0.4, 0.5) is 0 Å². The fraction of sp³-hybridized carbons (Fsp3) is 0.300. The summed E-state index contributed by atoms with van der Waals surface area (Å²) < 4.78 is 0. The van der Waals surface area contributed by atoms with E-state index in [9.17, 15) is 4.79 Å². The molecule has 1 aromatic rings. The Morgan fingerprint density at radius 3 is 2.87 bits per heavy atom. The van der Waals surface area contributed by atoms with Gasteiger partial charge in [0.15, 0.2) is 0 Å². The maximum absolute atomic E-state index is 10.7. The first kappa shape index (κ1) is 11.8. The number of rotatable bonds is 2. The van der Waals surface area contributed by atoms with E-state index in [0.717, 1.165) is 11.3 Å². The lowest BCUT2D eigenvalue weighted by Gasteiger charge is -2.01. The van der Waals surface area contributed by atoms with Gasteiger partial charge in [0.1, 0.15) is 0 Å². The van der Waals surface area contributed by atoms with E-state index in [-0.39, 0.29) is 22.9 Å². The van der Waals surface area contributed by atoms with Crippen molar-refractivity contribution < 1.29 is 9.90 Å². The van der Waals surface area contributed by atoms with Crippen LogP contribution in [0.5, 0.6) is 0 Å². The second-order valence-electron chi connectivity index (χ2n) is 3.27. The van der Waals surface area contributed by atoms with Gasteiger partial charge in [-0.15, -0.1) is 17.0 Å². The van der Waals surface area contributed by atoms with Crippen LogP contribution in [-0.2, 0) is 4.79 Å². The highest BCUT2D eigenvalue weighted by atomic mass is 79.9. The van der Waals surface area contributed by atoms with Crippen molar-refractivity contribution in [2.24, 2.45) is 10.9 Å². The fourth-order valence-electron chi connectivity index (χ4n) is 1.49. The van der Waals surface area contributed by atoms with E-state index in [1.54, 1.807) is 12.4 Å². The second kappa shape index (κ2) is 5.02. The van der Waals surface area contributed by atoms with Gasteiger partial charge in [-0.05, 0) is 6.07 Å². The molecule has 0 aliphatic carbocycles. The molecule has 0 spiro atoms. The maximum Gasteiger partial charge on any atom is 0.308 e. The molecule has 5 heteroatoms. The molecule has 0 amide bonds. The summed E-state index contributed by atoms with van der Waals surface area (Å²) in [7, 11) is 0. The molecule has 2 rings (SSSR count). The normalized spacial score (nSPS) is 19.2. The van der Waals surface area contributed by atoms with Crippen molar-refractivity contribution in [2.45, 2.75) is 6.42 Å². The number of nitrogens with zero attached hydrogens (tertiary/aromatic N) is 2. The monoisotopic (exact) mass is 270 g/mol.